The monoisotopic (exact) mass is 397 g/mol. The van der Waals surface area contributed by atoms with Crippen LogP contribution in [0.1, 0.15) is 35.2 Å². The van der Waals surface area contributed by atoms with Crippen LogP contribution in [0, 0.1) is 6.92 Å². The highest BCUT2D eigenvalue weighted by Crippen LogP contribution is 2.31. The van der Waals surface area contributed by atoms with Gasteiger partial charge in [0.1, 0.15) is 11.5 Å². The van der Waals surface area contributed by atoms with E-state index in [1.807, 2.05) is 12.1 Å². The molecule has 0 N–H and O–H groups in total. The summed E-state index contributed by atoms with van der Waals surface area (Å²) in [6.07, 6.45) is 3.79. The lowest BCUT2D eigenvalue weighted by atomic mass is 10.0. The van der Waals surface area contributed by atoms with Gasteiger partial charge in [-0.05, 0) is 30.7 Å². The largest absolute Gasteiger partial charge is 0.361 e. The molecule has 2 aromatic heterocycles. The molecule has 0 saturated heterocycles. The Bertz CT molecular complexity index is 1010. The Morgan fingerprint density at radius 2 is 1.89 bits per heavy atom. The first kappa shape index (κ1) is 19.8. The van der Waals surface area contributed by atoms with E-state index in [2.05, 4.69) is 10.1 Å². The van der Waals surface area contributed by atoms with Crippen LogP contribution in [0.15, 0.2) is 47.2 Å². The number of hydrogen-bond acceptors (Lipinski definition) is 5. The van der Waals surface area contributed by atoms with Crippen molar-refractivity contribution < 1.29 is 14.1 Å². The number of anilines is 1. The minimum absolute atomic E-state index is 0.0118. The predicted octanol–water partition coefficient (Wildman–Crippen LogP) is 4.50. The second-order valence-electron chi connectivity index (χ2n) is 6.41. The van der Waals surface area contributed by atoms with E-state index in [0.29, 0.717) is 28.6 Å². The van der Waals surface area contributed by atoms with E-state index in [-0.39, 0.29) is 18.1 Å². The quantitative estimate of drug-likeness (QED) is 0.572. The van der Waals surface area contributed by atoms with Gasteiger partial charge in [-0.1, -0.05) is 35.8 Å². The van der Waals surface area contributed by atoms with Gasteiger partial charge in [0.05, 0.1) is 16.9 Å². The highest BCUT2D eigenvalue weighted by atomic mass is 35.5. The molecule has 0 aliphatic rings. The molecular weight excluding hydrogens is 378 g/mol. The average molecular weight is 398 g/mol. The Kier molecular flexibility index (Phi) is 5.90. The molecule has 3 rings (SSSR count). The summed E-state index contributed by atoms with van der Waals surface area (Å²) in [5, 5.41) is 4.16. The Morgan fingerprint density at radius 3 is 2.46 bits per heavy atom. The molecule has 0 aliphatic carbocycles. The third-order valence-electron chi connectivity index (χ3n) is 4.57. The maximum Gasteiger partial charge on any atom is 0.226 e. The standard InChI is InChI=1S/C21H20ClN3O3/c1-4-21(27)25(3)19-8-6-14(9-17(19)22)15-5-7-18(23-11-15)20(26)10-16-12-24-28-13(16)2/h5-9,11-12H,4,10H2,1-3H3. The summed E-state index contributed by atoms with van der Waals surface area (Å²) in [4.78, 5) is 30.1. The molecule has 1 aromatic carbocycles. The van der Waals surface area contributed by atoms with E-state index in [9.17, 15) is 9.59 Å². The number of halogens is 1. The zero-order chi connectivity index (χ0) is 20.3. The molecule has 28 heavy (non-hydrogen) atoms. The lowest BCUT2D eigenvalue weighted by Crippen LogP contribution is -2.25. The first-order valence-electron chi connectivity index (χ1n) is 8.86. The van der Waals surface area contributed by atoms with Crippen LogP contribution < -0.4 is 4.90 Å². The molecule has 0 radical (unpaired) electrons. The van der Waals surface area contributed by atoms with Gasteiger partial charge >= 0.3 is 0 Å². The zero-order valence-electron chi connectivity index (χ0n) is 15.9. The molecular formula is C21H20ClN3O3. The molecule has 2 heterocycles. The van der Waals surface area contributed by atoms with E-state index >= 15 is 0 Å². The summed E-state index contributed by atoms with van der Waals surface area (Å²) in [7, 11) is 1.70. The lowest BCUT2D eigenvalue weighted by Gasteiger charge is -2.18. The number of carbonyl (C=O) groups excluding carboxylic acids is 2. The number of ketones is 1. The van der Waals surface area contributed by atoms with Gasteiger partial charge in [-0.3, -0.25) is 14.6 Å². The number of Topliss-reactive ketones (excluding diaryl/α,β-unsaturated/α-hetero) is 1. The van der Waals surface area contributed by atoms with Crippen molar-refractivity contribution >= 4 is 29.0 Å². The maximum absolute atomic E-state index is 12.4. The number of pyridine rings is 1. The first-order chi connectivity index (χ1) is 13.4. The number of hydrogen-bond donors (Lipinski definition) is 0. The number of aryl methyl sites for hydroxylation is 1. The molecule has 6 nitrogen and oxygen atoms in total. The number of rotatable bonds is 6. The van der Waals surface area contributed by atoms with Gasteiger partial charge in [-0.25, -0.2) is 0 Å². The van der Waals surface area contributed by atoms with Crippen molar-refractivity contribution in [2.24, 2.45) is 0 Å². The molecule has 0 fully saturated rings. The number of amides is 1. The maximum atomic E-state index is 12.4. The van der Waals surface area contributed by atoms with Crippen LogP contribution in [0.5, 0.6) is 0 Å². The number of benzene rings is 1. The van der Waals surface area contributed by atoms with Gasteiger partial charge in [0, 0.05) is 37.2 Å². The van der Waals surface area contributed by atoms with Crippen LogP contribution >= 0.6 is 11.6 Å². The average Bonchev–Trinajstić information content (AvgIpc) is 3.11. The Morgan fingerprint density at radius 1 is 1.14 bits per heavy atom. The summed E-state index contributed by atoms with van der Waals surface area (Å²) in [5.41, 5.74) is 3.47. The third kappa shape index (κ3) is 4.12. The number of nitrogens with zero attached hydrogens (tertiary/aromatic N) is 3. The number of aromatic nitrogens is 2. The molecule has 144 valence electrons. The second kappa shape index (κ2) is 8.35. The van der Waals surface area contributed by atoms with Crippen LogP contribution in [-0.4, -0.2) is 28.9 Å². The Balaban J connectivity index is 1.78. The minimum Gasteiger partial charge on any atom is -0.361 e. The summed E-state index contributed by atoms with van der Waals surface area (Å²) < 4.78 is 4.98. The fourth-order valence-corrected chi connectivity index (χ4v) is 3.12. The molecule has 1 amide bonds. The highest BCUT2D eigenvalue weighted by molar-refractivity contribution is 6.34. The van der Waals surface area contributed by atoms with Gasteiger partial charge in [0.15, 0.2) is 5.78 Å². The van der Waals surface area contributed by atoms with Gasteiger partial charge in [-0.15, -0.1) is 0 Å². The lowest BCUT2D eigenvalue weighted by molar-refractivity contribution is -0.118. The molecule has 0 aliphatic heterocycles. The molecule has 0 spiro atoms. The van der Waals surface area contributed by atoms with Gasteiger partial charge < -0.3 is 9.42 Å². The minimum atomic E-state index is -0.106. The second-order valence-corrected chi connectivity index (χ2v) is 6.82. The van der Waals surface area contributed by atoms with E-state index in [1.54, 1.807) is 56.4 Å². The summed E-state index contributed by atoms with van der Waals surface area (Å²) in [5.74, 6) is 0.513. The number of carbonyl (C=O) groups is 2. The zero-order valence-corrected chi connectivity index (χ0v) is 16.7. The fourth-order valence-electron chi connectivity index (χ4n) is 2.81. The summed E-state index contributed by atoms with van der Waals surface area (Å²) in [6.45, 7) is 3.57. The Labute approximate surface area is 168 Å². The van der Waals surface area contributed by atoms with Crippen molar-refractivity contribution in [3.05, 3.63) is 64.8 Å². The van der Waals surface area contributed by atoms with Crippen LogP contribution in [0.2, 0.25) is 5.02 Å². The van der Waals surface area contributed by atoms with Gasteiger partial charge in [0.25, 0.3) is 0 Å². The van der Waals surface area contributed by atoms with Crippen LogP contribution in [0.25, 0.3) is 11.1 Å². The third-order valence-corrected chi connectivity index (χ3v) is 4.87. The smallest absolute Gasteiger partial charge is 0.226 e. The SMILES string of the molecule is CCC(=O)N(C)c1ccc(-c2ccc(C(=O)Cc3cnoc3C)nc2)cc1Cl. The molecule has 3 aromatic rings. The molecule has 7 heteroatoms. The van der Waals surface area contributed by atoms with Crippen LogP contribution in [0.3, 0.4) is 0 Å². The van der Waals surface area contributed by atoms with Crippen molar-refractivity contribution in [2.75, 3.05) is 11.9 Å². The first-order valence-corrected chi connectivity index (χ1v) is 9.24. The van der Waals surface area contributed by atoms with Gasteiger partial charge in [0.2, 0.25) is 5.91 Å². The van der Waals surface area contributed by atoms with Crippen LogP contribution in [-0.2, 0) is 11.2 Å². The van der Waals surface area contributed by atoms with E-state index in [0.717, 1.165) is 16.7 Å². The van der Waals surface area contributed by atoms with Crippen molar-refractivity contribution in [1.82, 2.24) is 10.1 Å². The van der Waals surface area contributed by atoms with E-state index in [4.69, 9.17) is 16.1 Å². The van der Waals surface area contributed by atoms with Crippen molar-refractivity contribution in [2.45, 2.75) is 26.7 Å². The molecule has 0 atom stereocenters. The van der Waals surface area contributed by atoms with Gasteiger partial charge in [-0.2, -0.15) is 0 Å². The summed E-state index contributed by atoms with van der Waals surface area (Å²) >= 11 is 6.37. The molecule has 0 unspecified atom stereocenters. The molecule has 0 bridgehead atoms. The fraction of sp³-hybridized carbons (Fsp3) is 0.238. The topological polar surface area (TPSA) is 76.3 Å². The predicted molar refractivity (Wildman–Crippen MR) is 108 cm³/mol. The van der Waals surface area contributed by atoms with Crippen molar-refractivity contribution in [3.63, 3.8) is 0 Å². The molecule has 0 saturated carbocycles. The highest BCUT2D eigenvalue weighted by Gasteiger charge is 2.15. The summed E-state index contributed by atoms with van der Waals surface area (Å²) in [6, 6.07) is 8.98. The normalized spacial score (nSPS) is 10.7. The Hall–Kier alpha value is -2.99. The van der Waals surface area contributed by atoms with E-state index < -0.39 is 0 Å². The van der Waals surface area contributed by atoms with E-state index in [1.165, 1.54) is 0 Å². The van der Waals surface area contributed by atoms with Crippen molar-refractivity contribution in [3.8, 4) is 11.1 Å². The van der Waals surface area contributed by atoms with Crippen molar-refractivity contribution in [1.29, 1.82) is 0 Å². The van der Waals surface area contributed by atoms with Crippen LogP contribution in [0.4, 0.5) is 5.69 Å².